The van der Waals surface area contributed by atoms with Crippen molar-refractivity contribution in [3.05, 3.63) is 53.9 Å². The van der Waals surface area contributed by atoms with Crippen LogP contribution < -0.4 is 4.72 Å². The van der Waals surface area contributed by atoms with Crippen molar-refractivity contribution in [3.8, 4) is 0 Å². The van der Waals surface area contributed by atoms with Gasteiger partial charge in [-0.3, -0.25) is 14.5 Å². The molecule has 26 heavy (non-hydrogen) atoms. The van der Waals surface area contributed by atoms with Crippen LogP contribution in [0, 0.1) is 12.8 Å². The monoisotopic (exact) mass is 375 g/mol. The lowest BCUT2D eigenvalue weighted by Crippen LogP contribution is -2.30. The second-order valence-electron chi connectivity index (χ2n) is 6.76. The summed E-state index contributed by atoms with van der Waals surface area (Å²) < 4.78 is 28.1. The molecule has 0 aliphatic carbocycles. The van der Waals surface area contributed by atoms with Crippen molar-refractivity contribution in [1.29, 1.82) is 0 Å². The van der Waals surface area contributed by atoms with E-state index in [1.165, 1.54) is 18.3 Å². The first-order valence-electron chi connectivity index (χ1n) is 8.49. The number of pyridine rings is 1. The second-order valence-corrected chi connectivity index (χ2v) is 8.41. The molecule has 1 aromatic heterocycles. The van der Waals surface area contributed by atoms with Crippen molar-refractivity contribution in [2.24, 2.45) is 5.92 Å². The molecule has 2 aromatic rings. The number of benzene rings is 1. The van der Waals surface area contributed by atoms with Crippen molar-refractivity contribution in [3.63, 3.8) is 0 Å². The maximum atomic E-state index is 12.8. The highest BCUT2D eigenvalue weighted by molar-refractivity contribution is 7.92. The Balaban J connectivity index is 2.31. The summed E-state index contributed by atoms with van der Waals surface area (Å²) >= 11 is 0. The van der Waals surface area contributed by atoms with Crippen molar-refractivity contribution < 1.29 is 13.2 Å². The Bertz CT molecular complexity index is 879. The molecule has 0 atom stereocenters. The number of nitrogens with zero attached hydrogens (tertiary/aromatic N) is 2. The fourth-order valence-corrected chi connectivity index (χ4v) is 3.69. The number of anilines is 1. The van der Waals surface area contributed by atoms with Crippen molar-refractivity contribution in [1.82, 2.24) is 9.88 Å². The molecule has 0 unspecified atom stereocenters. The lowest BCUT2D eigenvalue weighted by Gasteiger charge is -2.20. The summed E-state index contributed by atoms with van der Waals surface area (Å²) in [6, 6.07) is 7.93. The Morgan fingerprint density at radius 3 is 2.58 bits per heavy atom. The van der Waals surface area contributed by atoms with Gasteiger partial charge in [-0.1, -0.05) is 26.0 Å². The van der Waals surface area contributed by atoms with Crippen LogP contribution in [0.3, 0.4) is 0 Å². The van der Waals surface area contributed by atoms with E-state index in [1.807, 2.05) is 6.92 Å². The number of hydrogen-bond donors (Lipinski definition) is 1. The first-order chi connectivity index (χ1) is 12.2. The molecule has 1 aromatic carbocycles. The van der Waals surface area contributed by atoms with Gasteiger partial charge in [-0.05, 0) is 43.0 Å². The minimum Gasteiger partial charge on any atom is -0.342 e. The molecule has 6 nitrogen and oxygen atoms in total. The van der Waals surface area contributed by atoms with Gasteiger partial charge in [0.25, 0.3) is 15.9 Å². The topological polar surface area (TPSA) is 79.4 Å². The Labute approximate surface area is 155 Å². The normalized spacial score (nSPS) is 11.4. The van der Waals surface area contributed by atoms with Crippen LogP contribution in [0.2, 0.25) is 0 Å². The van der Waals surface area contributed by atoms with Crippen LogP contribution in [0.15, 0.2) is 47.6 Å². The summed E-state index contributed by atoms with van der Waals surface area (Å²) in [5, 5.41) is 0. The van der Waals surface area contributed by atoms with E-state index in [1.54, 1.807) is 36.3 Å². The number of amides is 1. The molecule has 0 spiro atoms. The lowest BCUT2D eigenvalue weighted by molar-refractivity contribution is 0.0785. The summed E-state index contributed by atoms with van der Waals surface area (Å²) in [5.74, 6) is 0.147. The van der Waals surface area contributed by atoms with E-state index in [4.69, 9.17) is 0 Å². The van der Waals surface area contributed by atoms with Gasteiger partial charge in [0.1, 0.15) is 4.90 Å². The molecule has 0 fully saturated rings. The van der Waals surface area contributed by atoms with Gasteiger partial charge in [-0.2, -0.15) is 0 Å². The largest absolute Gasteiger partial charge is 0.342 e. The van der Waals surface area contributed by atoms with Crippen LogP contribution in [-0.4, -0.2) is 37.8 Å². The van der Waals surface area contributed by atoms with Crippen LogP contribution in [0.1, 0.15) is 36.2 Å². The fraction of sp³-hybridized carbons (Fsp3) is 0.368. The molecule has 0 aliphatic rings. The first kappa shape index (κ1) is 19.9. The number of sulfonamides is 1. The highest BCUT2D eigenvalue weighted by Gasteiger charge is 2.24. The Kier molecular flexibility index (Phi) is 6.37. The van der Waals surface area contributed by atoms with Gasteiger partial charge in [-0.15, -0.1) is 0 Å². The Morgan fingerprint density at radius 1 is 1.23 bits per heavy atom. The standard InChI is InChI=1S/C19H25N3O3S/c1-14(2)9-10-22(4)19(23)17-7-5-6-8-18(17)26(24,25)21-16-11-15(3)12-20-13-16/h5-8,11-14,21H,9-10H2,1-4H3. The van der Waals surface area contributed by atoms with Gasteiger partial charge in [0, 0.05) is 19.8 Å². The molecule has 1 N–H and O–H groups in total. The van der Waals surface area contributed by atoms with Gasteiger partial charge in [-0.25, -0.2) is 8.42 Å². The molecule has 0 radical (unpaired) electrons. The summed E-state index contributed by atoms with van der Waals surface area (Å²) in [6.07, 6.45) is 3.92. The van der Waals surface area contributed by atoms with Crippen LogP contribution in [0.4, 0.5) is 5.69 Å². The third-order valence-electron chi connectivity index (χ3n) is 3.92. The summed E-state index contributed by atoms with van der Waals surface area (Å²) in [4.78, 5) is 18.3. The average Bonchev–Trinajstić information content (AvgIpc) is 2.58. The molecule has 1 heterocycles. The number of aryl methyl sites for hydroxylation is 1. The quantitative estimate of drug-likeness (QED) is 0.805. The van der Waals surface area contributed by atoms with Gasteiger partial charge >= 0.3 is 0 Å². The van der Waals surface area contributed by atoms with Crippen LogP contribution in [0.5, 0.6) is 0 Å². The van der Waals surface area contributed by atoms with E-state index in [2.05, 4.69) is 23.6 Å². The highest BCUT2D eigenvalue weighted by atomic mass is 32.2. The van der Waals surface area contributed by atoms with E-state index in [-0.39, 0.29) is 16.4 Å². The molecule has 140 valence electrons. The predicted molar refractivity (Wildman–Crippen MR) is 103 cm³/mol. The van der Waals surface area contributed by atoms with Crippen molar-refractivity contribution in [2.75, 3.05) is 18.3 Å². The summed E-state index contributed by atoms with van der Waals surface area (Å²) in [6.45, 7) is 6.55. The summed E-state index contributed by atoms with van der Waals surface area (Å²) in [5.41, 5.74) is 1.36. The zero-order chi connectivity index (χ0) is 19.3. The van der Waals surface area contributed by atoms with E-state index in [9.17, 15) is 13.2 Å². The smallest absolute Gasteiger partial charge is 0.262 e. The zero-order valence-electron chi connectivity index (χ0n) is 15.6. The van der Waals surface area contributed by atoms with Crippen LogP contribution in [-0.2, 0) is 10.0 Å². The van der Waals surface area contributed by atoms with Crippen LogP contribution in [0.25, 0.3) is 0 Å². The fourth-order valence-electron chi connectivity index (χ4n) is 2.46. The average molecular weight is 375 g/mol. The Morgan fingerprint density at radius 2 is 1.92 bits per heavy atom. The lowest BCUT2D eigenvalue weighted by atomic mass is 10.1. The molecule has 0 saturated heterocycles. The number of rotatable bonds is 7. The molecule has 0 bridgehead atoms. The number of carbonyl (C=O) groups excluding carboxylic acids is 1. The van der Waals surface area contributed by atoms with Crippen molar-refractivity contribution in [2.45, 2.75) is 32.1 Å². The number of carbonyl (C=O) groups is 1. The molecular formula is C19H25N3O3S. The Hall–Kier alpha value is -2.41. The molecule has 0 saturated carbocycles. The highest BCUT2D eigenvalue weighted by Crippen LogP contribution is 2.21. The maximum Gasteiger partial charge on any atom is 0.262 e. The van der Waals surface area contributed by atoms with E-state index in [0.29, 0.717) is 18.2 Å². The minimum absolute atomic E-state index is 0.0390. The first-order valence-corrected chi connectivity index (χ1v) is 9.98. The molecule has 0 aliphatic heterocycles. The number of hydrogen-bond acceptors (Lipinski definition) is 4. The van der Waals surface area contributed by atoms with Gasteiger partial charge < -0.3 is 4.90 Å². The molecular weight excluding hydrogens is 350 g/mol. The second kappa shape index (κ2) is 8.31. The minimum atomic E-state index is -3.91. The van der Waals surface area contributed by atoms with Gasteiger partial charge in [0.05, 0.1) is 17.4 Å². The van der Waals surface area contributed by atoms with Gasteiger partial charge in [0.15, 0.2) is 0 Å². The van der Waals surface area contributed by atoms with Gasteiger partial charge in [0.2, 0.25) is 0 Å². The van der Waals surface area contributed by atoms with E-state index < -0.39 is 10.0 Å². The van der Waals surface area contributed by atoms with Crippen LogP contribution >= 0.6 is 0 Å². The third kappa shape index (κ3) is 5.05. The zero-order valence-corrected chi connectivity index (χ0v) is 16.4. The van der Waals surface area contributed by atoms with E-state index in [0.717, 1.165) is 12.0 Å². The predicted octanol–water partition coefficient (Wildman–Crippen LogP) is 3.31. The molecule has 2 rings (SSSR count). The number of aromatic nitrogens is 1. The molecule has 7 heteroatoms. The van der Waals surface area contributed by atoms with E-state index >= 15 is 0 Å². The van der Waals surface area contributed by atoms with Crippen molar-refractivity contribution >= 4 is 21.6 Å². The summed E-state index contributed by atoms with van der Waals surface area (Å²) in [7, 11) is -2.22. The SMILES string of the molecule is Cc1cncc(NS(=O)(=O)c2ccccc2C(=O)N(C)CCC(C)C)c1. The maximum absolute atomic E-state index is 12.8. The number of nitrogens with one attached hydrogen (secondary N) is 1. The third-order valence-corrected chi connectivity index (χ3v) is 5.36. The molecule has 1 amide bonds.